The molecule has 11 heavy (non-hydrogen) atoms. The first-order valence-corrected chi connectivity index (χ1v) is 0.548. The summed E-state index contributed by atoms with van der Waals surface area (Å²) in [6, 6.07) is 0. The average molecular weight is 193 g/mol. The predicted molar refractivity (Wildman–Crippen MR) is 34.3 cm³/mol. The standard InChI is InChI=1S/H3O4.7H2O/c1-4(2)3;;;;;;;/h1-3H;7*1H2/q+1;;;;;;;. The van der Waals surface area contributed by atoms with Gasteiger partial charge in [-0.25, -0.2) is 0 Å². The summed E-state index contributed by atoms with van der Waals surface area (Å²) < 4.78 is 0. The molecule has 0 rings (SSSR count). The highest BCUT2D eigenvalue weighted by molar-refractivity contribution is 2.69. The molecule has 0 aromatic heterocycles. The Balaban J connectivity index is -0.00000000214. The average Bonchev–Trinajstić information content (AvgIpc) is 0.811. The lowest BCUT2D eigenvalue weighted by molar-refractivity contribution is -0.781. The van der Waals surface area contributed by atoms with Crippen LogP contribution in [0.25, 0.3) is 0 Å². The molecule has 0 heterocycles. The maximum atomic E-state index is 6.92. The topological polar surface area (TPSA) is 284 Å². The van der Waals surface area contributed by atoms with Crippen molar-refractivity contribution in [1.82, 2.24) is 0 Å². The van der Waals surface area contributed by atoms with Gasteiger partial charge in [-0.05, 0) is 15.8 Å². The molecule has 0 amide bonds. The highest BCUT2D eigenvalue weighted by atomic mass is 17.7. The van der Waals surface area contributed by atoms with E-state index in [2.05, 4.69) is 0 Å². The molecule has 11 nitrogen and oxygen atoms in total. The van der Waals surface area contributed by atoms with Crippen LogP contribution in [0.3, 0.4) is 0 Å². The molecule has 0 radical (unpaired) electrons. The lowest BCUT2D eigenvalue weighted by Crippen LogP contribution is -1.91. The molecule has 0 unspecified atom stereocenters. The zero-order valence-electron chi connectivity index (χ0n) is 5.25. The monoisotopic (exact) mass is 193 g/mol. The van der Waals surface area contributed by atoms with Crippen LogP contribution in [-0.2, 0) is 4.82 Å². The van der Waals surface area contributed by atoms with Gasteiger partial charge in [0.1, 0.15) is 4.82 Å². The van der Waals surface area contributed by atoms with E-state index < -0.39 is 4.82 Å². The Morgan fingerprint density at radius 3 is 0.455 bits per heavy atom. The predicted octanol–water partition coefficient (Wildman–Crippen LogP) is -5.82. The van der Waals surface area contributed by atoms with Crippen molar-refractivity contribution in [2.75, 3.05) is 0 Å². The van der Waals surface area contributed by atoms with Crippen LogP contribution in [0, 0.1) is 0 Å². The summed E-state index contributed by atoms with van der Waals surface area (Å²) in [4.78, 5) is -0.417. The van der Waals surface area contributed by atoms with Crippen molar-refractivity contribution in [2.45, 2.75) is 0 Å². The maximum absolute atomic E-state index is 6.92. The lowest BCUT2D eigenvalue weighted by Gasteiger charge is -1.69. The molecule has 0 aromatic rings. The minimum atomic E-state index is -0.417. The molecular formula is H17O11+. The van der Waals surface area contributed by atoms with Gasteiger partial charge in [0.05, 0.1) is 0 Å². The van der Waals surface area contributed by atoms with E-state index in [1.54, 1.807) is 0 Å². The van der Waals surface area contributed by atoms with Crippen LogP contribution in [0.1, 0.15) is 0 Å². The number of rotatable bonds is 0. The van der Waals surface area contributed by atoms with Crippen LogP contribution in [0.2, 0.25) is 0 Å². The van der Waals surface area contributed by atoms with E-state index in [0.717, 1.165) is 0 Å². The van der Waals surface area contributed by atoms with Crippen LogP contribution < -0.4 is 0 Å². The van der Waals surface area contributed by atoms with E-state index in [4.69, 9.17) is 15.8 Å². The minimum absolute atomic E-state index is 0. The van der Waals surface area contributed by atoms with E-state index >= 15 is 0 Å². The third-order valence-electron chi connectivity index (χ3n) is 0. The Hall–Kier alpha value is -0.440. The van der Waals surface area contributed by atoms with E-state index in [0.29, 0.717) is 0 Å². The molecule has 0 saturated carbocycles. The first kappa shape index (κ1) is 147. The van der Waals surface area contributed by atoms with Crippen LogP contribution in [0.15, 0.2) is 0 Å². The number of hydrogen-bond donors (Lipinski definition) is 3. The third-order valence-corrected chi connectivity index (χ3v) is 0. The molecule has 0 atom stereocenters. The second-order valence-corrected chi connectivity index (χ2v) is 0.245. The normalized spacial score (nSPS) is 3.27. The fraction of sp³-hybridized carbons (Fsp3) is 0. The van der Waals surface area contributed by atoms with Crippen molar-refractivity contribution in [1.29, 1.82) is 0 Å². The fourth-order valence-corrected chi connectivity index (χ4v) is 0. The molecule has 0 fully saturated rings. The molecule has 17 N–H and O–H groups in total. The molecule has 0 aliphatic carbocycles. The Kier molecular flexibility index (Phi) is 1430. The maximum Gasteiger partial charge on any atom is 0.127 e. The fourth-order valence-electron chi connectivity index (χ4n) is 0. The molecule has 0 aliphatic rings. The van der Waals surface area contributed by atoms with Crippen LogP contribution in [-0.4, -0.2) is 54.1 Å². The molecular weight excluding hydrogens is 176 g/mol. The lowest BCUT2D eigenvalue weighted by atomic mass is 14.3. The van der Waals surface area contributed by atoms with Crippen molar-refractivity contribution in [3.05, 3.63) is 0 Å². The first-order valence-electron chi connectivity index (χ1n) is 0.548. The highest BCUT2D eigenvalue weighted by Gasteiger charge is 1.78. The summed E-state index contributed by atoms with van der Waals surface area (Å²) in [5.74, 6) is 0. The van der Waals surface area contributed by atoms with Crippen molar-refractivity contribution in [2.24, 2.45) is 0 Å². The van der Waals surface area contributed by atoms with Gasteiger partial charge in [0.25, 0.3) is 0 Å². The first-order chi connectivity index (χ1) is 1.73. The van der Waals surface area contributed by atoms with Crippen molar-refractivity contribution >= 4 is 0 Å². The van der Waals surface area contributed by atoms with Crippen molar-refractivity contribution in [3.8, 4) is 0 Å². The zero-order chi connectivity index (χ0) is 3.58. The van der Waals surface area contributed by atoms with Gasteiger partial charge in [0.2, 0.25) is 0 Å². The summed E-state index contributed by atoms with van der Waals surface area (Å²) >= 11 is 0. The van der Waals surface area contributed by atoms with Crippen molar-refractivity contribution in [3.63, 3.8) is 0 Å². The Morgan fingerprint density at radius 1 is 0.455 bits per heavy atom. The number of hydrogen-bond acceptors (Lipinski definition) is 3. The van der Waals surface area contributed by atoms with Gasteiger partial charge < -0.3 is 38.3 Å². The zero-order valence-corrected chi connectivity index (χ0v) is 5.25. The Bertz CT molecular complexity index is 4.75. The van der Waals surface area contributed by atoms with E-state index in [-0.39, 0.29) is 38.3 Å². The second-order valence-electron chi connectivity index (χ2n) is 0.245. The van der Waals surface area contributed by atoms with Gasteiger partial charge in [-0.2, -0.15) is 0 Å². The summed E-state index contributed by atoms with van der Waals surface area (Å²) in [6.07, 6.45) is 0. The Labute approximate surface area is 60.3 Å². The largest absolute Gasteiger partial charge is 0.412 e. The molecule has 82 valence electrons. The van der Waals surface area contributed by atoms with Gasteiger partial charge in [0, 0.05) is 0 Å². The summed E-state index contributed by atoms with van der Waals surface area (Å²) in [5, 5.41) is 20.8. The summed E-state index contributed by atoms with van der Waals surface area (Å²) in [5.41, 5.74) is 0. The minimum Gasteiger partial charge on any atom is -0.412 e. The van der Waals surface area contributed by atoms with Gasteiger partial charge >= 0.3 is 0 Å². The molecule has 0 aromatic carbocycles. The molecule has 0 bridgehead atoms. The van der Waals surface area contributed by atoms with Crippen molar-refractivity contribution < 1.29 is 58.9 Å². The second kappa shape index (κ2) is 107. The smallest absolute Gasteiger partial charge is 0.127 e. The van der Waals surface area contributed by atoms with Gasteiger partial charge in [-0.1, -0.05) is 0 Å². The van der Waals surface area contributed by atoms with Crippen LogP contribution in [0.4, 0.5) is 0 Å². The van der Waals surface area contributed by atoms with Gasteiger partial charge in [0.15, 0.2) is 0 Å². The van der Waals surface area contributed by atoms with Gasteiger partial charge in [-0.3, -0.25) is 0 Å². The van der Waals surface area contributed by atoms with E-state index in [9.17, 15) is 0 Å². The van der Waals surface area contributed by atoms with Crippen LogP contribution >= 0.6 is 0 Å². The van der Waals surface area contributed by atoms with E-state index in [1.165, 1.54) is 0 Å². The SMILES string of the molecule is O.O.O.O.O.O.O.O[O+](O)O. The van der Waals surface area contributed by atoms with E-state index in [1.807, 2.05) is 0 Å². The Morgan fingerprint density at radius 2 is 0.455 bits per heavy atom. The summed E-state index contributed by atoms with van der Waals surface area (Å²) in [7, 11) is 0. The third kappa shape index (κ3) is 2820. The summed E-state index contributed by atoms with van der Waals surface area (Å²) in [6.45, 7) is 0. The van der Waals surface area contributed by atoms with Gasteiger partial charge in [-0.15, -0.1) is 0 Å². The molecule has 0 saturated heterocycles. The highest BCUT2D eigenvalue weighted by Crippen LogP contribution is 1.56. The quantitative estimate of drug-likeness (QED) is 0.192. The van der Waals surface area contributed by atoms with Crippen LogP contribution in [0.5, 0.6) is 0 Å². The molecule has 11 heteroatoms. The molecule has 0 aliphatic heterocycles. The molecule has 0 spiro atoms.